The van der Waals surface area contributed by atoms with Crippen LogP contribution in [0.1, 0.15) is 39.5 Å². The topological polar surface area (TPSA) is 73.2 Å². The Labute approximate surface area is 126 Å². The largest absolute Gasteiger partial charge is 0.504 e. The van der Waals surface area contributed by atoms with E-state index >= 15 is 0 Å². The van der Waals surface area contributed by atoms with E-state index in [1.165, 1.54) is 0 Å². The van der Waals surface area contributed by atoms with Crippen LogP contribution < -0.4 is 4.74 Å². The molecule has 0 aliphatic carbocycles. The zero-order chi connectivity index (χ0) is 15.7. The first-order valence-electron chi connectivity index (χ1n) is 7.55. The summed E-state index contributed by atoms with van der Waals surface area (Å²) in [7, 11) is 0. The van der Waals surface area contributed by atoms with E-state index in [0.29, 0.717) is 18.9 Å². The summed E-state index contributed by atoms with van der Waals surface area (Å²) in [5.41, 5.74) is 0. The van der Waals surface area contributed by atoms with Crippen LogP contribution in [0.4, 0.5) is 0 Å². The molecule has 0 saturated heterocycles. The van der Waals surface area contributed by atoms with Crippen LogP contribution in [-0.4, -0.2) is 45.8 Å². The highest BCUT2D eigenvalue weighted by atomic mass is 16.5. The molecule has 120 valence electrons. The van der Waals surface area contributed by atoms with Crippen molar-refractivity contribution in [3.63, 3.8) is 0 Å². The van der Waals surface area contributed by atoms with Gasteiger partial charge in [-0.05, 0) is 38.8 Å². The van der Waals surface area contributed by atoms with Crippen LogP contribution >= 0.6 is 0 Å². The minimum atomic E-state index is -0.630. The summed E-state index contributed by atoms with van der Waals surface area (Å²) >= 11 is 0. The molecule has 0 aromatic heterocycles. The normalized spacial score (nSPS) is 14.1. The van der Waals surface area contributed by atoms with E-state index in [1.54, 1.807) is 36.9 Å². The molecule has 0 bridgehead atoms. The Morgan fingerprint density at radius 2 is 1.62 bits per heavy atom. The maximum Gasteiger partial charge on any atom is 0.160 e. The van der Waals surface area contributed by atoms with Crippen molar-refractivity contribution in [2.75, 3.05) is 13.2 Å². The monoisotopic (exact) mass is 297 g/mol. The standard InChI is InChI=1S/C16H27NO4/c1-13(18)17(14(2)19)11-7-3-4-8-12-21-16-10-6-5-9-15(16)20/h5-6,9-10,13-14,18-20H,3-4,7-8,11-12H2,1-2H3. The molecule has 2 atom stereocenters. The van der Waals surface area contributed by atoms with Crippen LogP contribution in [0.25, 0.3) is 0 Å². The number of hydrogen-bond donors (Lipinski definition) is 3. The van der Waals surface area contributed by atoms with Crippen LogP contribution in [0.5, 0.6) is 11.5 Å². The zero-order valence-electron chi connectivity index (χ0n) is 12.9. The number of hydrogen-bond acceptors (Lipinski definition) is 5. The van der Waals surface area contributed by atoms with Gasteiger partial charge in [0.05, 0.1) is 6.61 Å². The fraction of sp³-hybridized carbons (Fsp3) is 0.625. The number of nitrogens with zero attached hydrogens (tertiary/aromatic N) is 1. The Morgan fingerprint density at radius 3 is 2.24 bits per heavy atom. The maximum absolute atomic E-state index is 9.54. The van der Waals surface area contributed by atoms with Crippen molar-refractivity contribution in [2.24, 2.45) is 0 Å². The second kappa shape index (κ2) is 9.60. The second-order valence-corrected chi connectivity index (χ2v) is 5.23. The highest BCUT2D eigenvalue weighted by Crippen LogP contribution is 2.24. The van der Waals surface area contributed by atoms with Crippen LogP contribution in [0.15, 0.2) is 24.3 Å². The molecule has 0 fully saturated rings. The van der Waals surface area contributed by atoms with Gasteiger partial charge in [-0.25, -0.2) is 0 Å². The van der Waals surface area contributed by atoms with Crippen LogP contribution in [-0.2, 0) is 0 Å². The number of phenols is 1. The first-order chi connectivity index (χ1) is 10.0. The predicted octanol–water partition coefficient (Wildman–Crippen LogP) is 2.31. The summed E-state index contributed by atoms with van der Waals surface area (Å²) in [6.07, 6.45) is 2.61. The van der Waals surface area contributed by atoms with Crippen molar-refractivity contribution in [1.29, 1.82) is 0 Å². The lowest BCUT2D eigenvalue weighted by atomic mass is 10.2. The number of benzene rings is 1. The summed E-state index contributed by atoms with van der Waals surface area (Å²) in [5.74, 6) is 0.689. The highest BCUT2D eigenvalue weighted by Gasteiger charge is 2.14. The van der Waals surface area contributed by atoms with Gasteiger partial charge in [0.1, 0.15) is 12.5 Å². The molecule has 2 unspecified atom stereocenters. The molecule has 0 saturated carbocycles. The van der Waals surface area contributed by atoms with Crippen LogP contribution in [0.3, 0.4) is 0 Å². The van der Waals surface area contributed by atoms with E-state index in [-0.39, 0.29) is 5.75 Å². The smallest absolute Gasteiger partial charge is 0.160 e. The number of phenolic OH excluding ortho intramolecular Hbond substituents is 1. The van der Waals surface area contributed by atoms with E-state index < -0.39 is 12.5 Å². The van der Waals surface area contributed by atoms with E-state index in [0.717, 1.165) is 25.7 Å². The minimum absolute atomic E-state index is 0.169. The van der Waals surface area contributed by atoms with Gasteiger partial charge in [0.15, 0.2) is 11.5 Å². The molecule has 1 aromatic carbocycles. The maximum atomic E-state index is 9.54. The molecule has 21 heavy (non-hydrogen) atoms. The fourth-order valence-electron chi connectivity index (χ4n) is 2.20. The molecule has 5 nitrogen and oxygen atoms in total. The van der Waals surface area contributed by atoms with E-state index in [2.05, 4.69) is 0 Å². The molecule has 0 radical (unpaired) electrons. The average Bonchev–Trinajstić information content (AvgIpc) is 2.42. The predicted molar refractivity (Wildman–Crippen MR) is 82.1 cm³/mol. The molecule has 1 aromatic rings. The Hall–Kier alpha value is -1.30. The third-order valence-corrected chi connectivity index (χ3v) is 3.39. The van der Waals surface area contributed by atoms with Crippen molar-refractivity contribution in [3.05, 3.63) is 24.3 Å². The van der Waals surface area contributed by atoms with Crippen molar-refractivity contribution >= 4 is 0 Å². The first kappa shape index (κ1) is 17.8. The Kier molecular flexibility index (Phi) is 8.12. The average molecular weight is 297 g/mol. The molecule has 1 rings (SSSR count). The molecule has 0 spiro atoms. The Morgan fingerprint density at radius 1 is 1.00 bits per heavy atom. The van der Waals surface area contributed by atoms with Gasteiger partial charge >= 0.3 is 0 Å². The molecule has 0 aliphatic heterocycles. The van der Waals surface area contributed by atoms with E-state index in [4.69, 9.17) is 4.74 Å². The lowest BCUT2D eigenvalue weighted by molar-refractivity contribution is -0.0844. The molecule has 3 N–H and O–H groups in total. The number of unbranched alkanes of at least 4 members (excludes halogenated alkanes) is 3. The molecule has 0 aliphatic rings. The lowest BCUT2D eigenvalue weighted by Gasteiger charge is -2.27. The Balaban J connectivity index is 2.08. The van der Waals surface area contributed by atoms with Gasteiger partial charge in [0, 0.05) is 6.54 Å². The van der Waals surface area contributed by atoms with E-state index in [9.17, 15) is 15.3 Å². The summed E-state index contributed by atoms with van der Waals surface area (Å²) < 4.78 is 5.50. The van der Waals surface area contributed by atoms with Crippen molar-refractivity contribution < 1.29 is 20.1 Å². The first-order valence-corrected chi connectivity index (χ1v) is 7.55. The molecular formula is C16H27NO4. The van der Waals surface area contributed by atoms with Gasteiger partial charge < -0.3 is 20.1 Å². The van der Waals surface area contributed by atoms with E-state index in [1.807, 2.05) is 6.07 Å². The Bertz CT molecular complexity index is 388. The van der Waals surface area contributed by atoms with Gasteiger partial charge in [0.25, 0.3) is 0 Å². The molecule has 0 heterocycles. The molecule has 5 heteroatoms. The third-order valence-electron chi connectivity index (χ3n) is 3.39. The van der Waals surface area contributed by atoms with Gasteiger partial charge in [-0.2, -0.15) is 0 Å². The van der Waals surface area contributed by atoms with Gasteiger partial charge in [-0.15, -0.1) is 0 Å². The van der Waals surface area contributed by atoms with Crippen molar-refractivity contribution in [3.8, 4) is 11.5 Å². The highest BCUT2D eigenvalue weighted by molar-refractivity contribution is 5.37. The van der Waals surface area contributed by atoms with Crippen molar-refractivity contribution in [1.82, 2.24) is 4.90 Å². The SMILES string of the molecule is CC(O)N(CCCCCCOc1ccccc1O)C(C)O. The van der Waals surface area contributed by atoms with Crippen LogP contribution in [0.2, 0.25) is 0 Å². The minimum Gasteiger partial charge on any atom is -0.504 e. The number of aromatic hydroxyl groups is 1. The summed E-state index contributed by atoms with van der Waals surface area (Å²) in [6.45, 7) is 4.57. The van der Waals surface area contributed by atoms with Gasteiger partial charge in [-0.1, -0.05) is 25.0 Å². The summed E-state index contributed by atoms with van der Waals surface area (Å²) in [4.78, 5) is 1.65. The molecule has 0 amide bonds. The number of aliphatic hydroxyl groups excluding tert-OH is 2. The van der Waals surface area contributed by atoms with Crippen molar-refractivity contribution in [2.45, 2.75) is 52.0 Å². The van der Waals surface area contributed by atoms with Crippen LogP contribution in [0, 0.1) is 0 Å². The number of aliphatic hydroxyl groups is 2. The lowest BCUT2D eigenvalue weighted by Crippen LogP contribution is -2.40. The number of para-hydroxylation sites is 2. The number of ether oxygens (including phenoxy) is 1. The quantitative estimate of drug-likeness (QED) is 0.456. The van der Waals surface area contributed by atoms with Gasteiger partial charge in [0.2, 0.25) is 0 Å². The van der Waals surface area contributed by atoms with Gasteiger partial charge in [-0.3, -0.25) is 4.90 Å². The summed E-state index contributed by atoms with van der Waals surface area (Å²) in [5, 5.41) is 28.5. The number of rotatable bonds is 10. The summed E-state index contributed by atoms with van der Waals surface area (Å²) in [6, 6.07) is 6.95. The zero-order valence-corrected chi connectivity index (χ0v) is 12.9. The third kappa shape index (κ3) is 6.80. The molecular weight excluding hydrogens is 270 g/mol. The second-order valence-electron chi connectivity index (χ2n) is 5.23. The fourth-order valence-corrected chi connectivity index (χ4v) is 2.20.